The van der Waals surface area contributed by atoms with Gasteiger partial charge in [-0.15, -0.1) is 0 Å². The number of esters is 2. The molecule has 1 aromatic heterocycles. The third-order valence-corrected chi connectivity index (χ3v) is 7.51. The molecule has 8 heteroatoms. The van der Waals surface area contributed by atoms with Gasteiger partial charge in [0.15, 0.2) is 0 Å². The highest BCUT2D eigenvalue weighted by molar-refractivity contribution is 5.98. The highest BCUT2D eigenvalue weighted by Crippen LogP contribution is 2.46. The van der Waals surface area contributed by atoms with Crippen LogP contribution in [0.25, 0.3) is 17.0 Å². The number of ether oxygens (including phenoxy) is 2. The van der Waals surface area contributed by atoms with Gasteiger partial charge in [-0.05, 0) is 61.8 Å². The Labute approximate surface area is 225 Å². The Hall–Kier alpha value is -4.20. The van der Waals surface area contributed by atoms with Crippen molar-refractivity contribution < 1.29 is 29.0 Å². The zero-order chi connectivity index (χ0) is 27.7. The number of rotatable bonds is 1. The van der Waals surface area contributed by atoms with Gasteiger partial charge in [-0.2, -0.15) is 0 Å². The van der Waals surface area contributed by atoms with Crippen molar-refractivity contribution >= 4 is 34.7 Å². The fourth-order valence-corrected chi connectivity index (χ4v) is 5.48. The number of para-hydroxylation sites is 1. The smallest absolute Gasteiger partial charge is 0.342 e. The first-order chi connectivity index (χ1) is 18.7. The molecule has 0 fully saturated rings. The lowest BCUT2D eigenvalue weighted by Crippen LogP contribution is -2.29. The number of benzene rings is 2. The van der Waals surface area contributed by atoms with Crippen LogP contribution in [0.5, 0.6) is 11.5 Å². The predicted octanol–water partition coefficient (Wildman–Crippen LogP) is 5.17. The van der Waals surface area contributed by atoms with Crippen molar-refractivity contribution in [2.75, 3.05) is 0 Å². The number of pyridine rings is 1. The van der Waals surface area contributed by atoms with E-state index in [4.69, 9.17) is 9.47 Å². The maximum Gasteiger partial charge on any atom is 0.342 e. The van der Waals surface area contributed by atoms with Crippen LogP contribution in [0.3, 0.4) is 0 Å². The Morgan fingerprint density at radius 3 is 2.62 bits per heavy atom. The number of carbonyl (C=O) groups excluding carboxylic acids is 3. The van der Waals surface area contributed by atoms with Gasteiger partial charge in [-0.3, -0.25) is 14.4 Å². The van der Waals surface area contributed by atoms with Crippen LogP contribution in [-0.2, 0) is 21.4 Å². The zero-order valence-corrected chi connectivity index (χ0v) is 22.1. The second-order valence-corrected chi connectivity index (χ2v) is 10.3. The highest BCUT2D eigenvalue weighted by atomic mass is 16.5. The molecule has 202 valence electrons. The van der Waals surface area contributed by atoms with Crippen LogP contribution in [0, 0.1) is 0 Å². The summed E-state index contributed by atoms with van der Waals surface area (Å²) in [5, 5.41) is 12.4. The summed E-state index contributed by atoms with van der Waals surface area (Å²) in [6, 6.07) is 10.7. The third kappa shape index (κ3) is 5.24. The summed E-state index contributed by atoms with van der Waals surface area (Å²) in [5.41, 5.74) is 1.28. The molecule has 2 aliphatic heterocycles. The van der Waals surface area contributed by atoms with Crippen LogP contribution in [0.2, 0.25) is 0 Å². The Kier molecular flexibility index (Phi) is 7.37. The van der Waals surface area contributed by atoms with Gasteiger partial charge in [0.05, 0.1) is 18.0 Å². The van der Waals surface area contributed by atoms with E-state index in [0.29, 0.717) is 49.7 Å². The van der Waals surface area contributed by atoms with E-state index in [1.807, 2.05) is 30.3 Å². The molecule has 8 nitrogen and oxygen atoms in total. The summed E-state index contributed by atoms with van der Waals surface area (Å²) in [7, 11) is 1.66. The Morgan fingerprint density at radius 2 is 1.79 bits per heavy atom. The third-order valence-electron chi connectivity index (χ3n) is 7.51. The Morgan fingerprint density at radius 1 is 1.03 bits per heavy atom. The van der Waals surface area contributed by atoms with E-state index in [9.17, 15) is 24.3 Å². The van der Waals surface area contributed by atoms with Crippen molar-refractivity contribution in [3.63, 3.8) is 0 Å². The van der Waals surface area contributed by atoms with Crippen molar-refractivity contribution in [2.24, 2.45) is 7.05 Å². The van der Waals surface area contributed by atoms with Gasteiger partial charge in [-0.1, -0.05) is 30.4 Å². The largest absolute Gasteiger partial charge is 0.507 e. The minimum absolute atomic E-state index is 0.0365. The normalized spacial score (nSPS) is 20.5. The van der Waals surface area contributed by atoms with E-state index in [1.165, 1.54) is 4.57 Å². The first-order valence-electron chi connectivity index (χ1n) is 13.3. The van der Waals surface area contributed by atoms with Crippen molar-refractivity contribution in [2.45, 2.75) is 63.9 Å². The Balaban J connectivity index is 1.67. The van der Waals surface area contributed by atoms with Crippen molar-refractivity contribution in [1.29, 1.82) is 0 Å². The lowest BCUT2D eigenvalue weighted by atomic mass is 9.83. The monoisotopic (exact) mass is 529 g/mol. The molecule has 3 aromatic rings. The van der Waals surface area contributed by atoms with Crippen LogP contribution in [0.1, 0.15) is 84.8 Å². The molecule has 0 saturated heterocycles. The first-order valence-corrected chi connectivity index (χ1v) is 13.3. The number of aryl methyl sites for hydroxylation is 1. The van der Waals surface area contributed by atoms with Crippen molar-refractivity contribution in [3.8, 4) is 11.5 Å². The van der Waals surface area contributed by atoms with Crippen LogP contribution in [0.4, 0.5) is 0 Å². The number of ketones is 1. The molecular formula is C31H31NO7. The van der Waals surface area contributed by atoms with Gasteiger partial charge in [0.25, 0.3) is 5.56 Å². The summed E-state index contributed by atoms with van der Waals surface area (Å²) < 4.78 is 12.7. The summed E-state index contributed by atoms with van der Waals surface area (Å²) in [6.07, 6.45) is 6.16. The molecule has 0 unspecified atom stereocenters. The molecule has 39 heavy (non-hydrogen) atoms. The topological polar surface area (TPSA) is 112 Å². The number of aromatic nitrogens is 1. The number of hydrogen-bond acceptors (Lipinski definition) is 7. The molecule has 0 aliphatic carbocycles. The fourth-order valence-electron chi connectivity index (χ4n) is 5.48. The van der Waals surface area contributed by atoms with Gasteiger partial charge in [0, 0.05) is 36.9 Å². The molecule has 0 amide bonds. The number of carbonyl (C=O) groups is 3. The second-order valence-electron chi connectivity index (χ2n) is 10.3. The number of Topliss-reactive ketones (excluding diaryl/α,β-unsaturated/α-hetero) is 1. The number of fused-ring (bicyclic) bond motifs is 3. The van der Waals surface area contributed by atoms with E-state index in [-0.39, 0.29) is 40.4 Å². The average Bonchev–Trinajstić information content (AvgIpc) is 2.89. The van der Waals surface area contributed by atoms with E-state index in [1.54, 1.807) is 32.2 Å². The molecular weight excluding hydrogens is 498 g/mol. The second kappa shape index (κ2) is 10.9. The van der Waals surface area contributed by atoms with Crippen LogP contribution < -0.4 is 10.3 Å². The molecule has 1 N–H and O–H groups in total. The summed E-state index contributed by atoms with van der Waals surface area (Å²) >= 11 is 0. The van der Waals surface area contributed by atoms with E-state index < -0.39 is 24.0 Å². The van der Waals surface area contributed by atoms with Crippen LogP contribution >= 0.6 is 0 Å². The minimum Gasteiger partial charge on any atom is -0.507 e. The fraction of sp³-hybridized carbons (Fsp3) is 0.355. The number of phenolic OH excluding ortho intramolecular Hbond substituents is 1. The number of aromatic hydroxyl groups is 1. The van der Waals surface area contributed by atoms with Crippen LogP contribution in [-0.4, -0.2) is 33.5 Å². The van der Waals surface area contributed by atoms with Gasteiger partial charge in [0.2, 0.25) is 0 Å². The molecule has 0 spiro atoms. The molecule has 2 aliphatic rings. The van der Waals surface area contributed by atoms with E-state index in [0.717, 1.165) is 10.9 Å². The lowest BCUT2D eigenvalue weighted by Gasteiger charge is -2.27. The van der Waals surface area contributed by atoms with Crippen molar-refractivity contribution in [1.82, 2.24) is 4.57 Å². The molecule has 2 aromatic carbocycles. The van der Waals surface area contributed by atoms with Gasteiger partial charge < -0.3 is 19.1 Å². The van der Waals surface area contributed by atoms with E-state index >= 15 is 0 Å². The molecule has 0 saturated carbocycles. The predicted molar refractivity (Wildman–Crippen MR) is 146 cm³/mol. The minimum atomic E-state index is -0.817. The number of hydrogen-bond donors (Lipinski definition) is 1. The summed E-state index contributed by atoms with van der Waals surface area (Å²) in [5.74, 6) is -2.15. The van der Waals surface area contributed by atoms with Gasteiger partial charge in [-0.25, -0.2) is 4.79 Å². The number of allylic oxidation sites excluding steroid dienone is 1. The van der Waals surface area contributed by atoms with Crippen LogP contribution in [0.15, 0.2) is 47.3 Å². The highest BCUT2D eigenvalue weighted by Gasteiger charge is 2.37. The van der Waals surface area contributed by atoms with Gasteiger partial charge >= 0.3 is 11.9 Å². The standard InChI is InChI=1S/C31H31NO7/c1-18-9-8-13-21(33)12-5-3-4-11-20-16-25-28(29(35)27(20)31(37)38-18)22(17-26(34)39-25)23-15-19-10-6-7-14-24(19)32(2)30(23)36/h4,6-7,10-11,14-16,18,22,35H,3,5,8-9,12-13,17H2,1-2H3/t18-,22-/m0/s1. The molecule has 0 radical (unpaired) electrons. The Bertz CT molecular complexity index is 1570. The molecule has 0 bridgehead atoms. The van der Waals surface area contributed by atoms with Gasteiger partial charge in [0.1, 0.15) is 22.8 Å². The zero-order valence-electron chi connectivity index (χ0n) is 22.1. The first kappa shape index (κ1) is 26.4. The maximum atomic E-state index is 13.4. The number of phenols is 1. The number of cyclic esters (lactones) is 1. The quantitative estimate of drug-likeness (QED) is 0.342. The average molecular weight is 530 g/mol. The number of nitrogens with zero attached hydrogens (tertiary/aromatic N) is 1. The van der Waals surface area contributed by atoms with Crippen molar-refractivity contribution in [3.05, 3.63) is 75.1 Å². The molecule has 5 rings (SSSR count). The summed E-state index contributed by atoms with van der Waals surface area (Å²) in [6.45, 7) is 1.75. The maximum absolute atomic E-state index is 13.4. The SMILES string of the molecule is C[C@H]1CCCC(=O)CCCC=Cc2cc3c(c(O)c2C(=O)O1)[C@H](c1cc2ccccc2n(C)c1=O)CC(=O)O3. The van der Waals surface area contributed by atoms with E-state index in [2.05, 4.69) is 0 Å². The molecule has 2 atom stereocenters. The summed E-state index contributed by atoms with van der Waals surface area (Å²) in [4.78, 5) is 51.6. The molecule has 3 heterocycles. The lowest BCUT2D eigenvalue weighted by molar-refractivity contribution is -0.135.